The largest absolute Gasteiger partial charge is 0.380 e. The van der Waals surface area contributed by atoms with Crippen LogP contribution in [-0.4, -0.2) is 39.4 Å². The van der Waals surface area contributed by atoms with Crippen molar-refractivity contribution in [2.45, 2.75) is 18.5 Å². The number of ether oxygens (including phenoxy) is 1. The quantitative estimate of drug-likeness (QED) is 0.552. The second-order valence-electron chi connectivity index (χ2n) is 2.65. The van der Waals surface area contributed by atoms with Crippen LogP contribution >= 0.6 is 0 Å². The molecule has 0 aromatic heterocycles. The fourth-order valence-electron chi connectivity index (χ4n) is 1.37. The zero-order chi connectivity index (χ0) is 7.40. The first-order valence-electron chi connectivity index (χ1n) is 3.80. The lowest BCUT2D eigenvalue weighted by Gasteiger charge is -2.30. The number of rotatable bonds is 2. The smallest absolute Gasteiger partial charge is 0.0634 e. The first-order valence-corrected chi connectivity index (χ1v) is 3.80. The molecule has 1 saturated heterocycles. The van der Waals surface area contributed by atoms with Gasteiger partial charge in [-0.1, -0.05) is 0 Å². The minimum atomic E-state index is 0.485. The van der Waals surface area contributed by atoms with Gasteiger partial charge in [0.25, 0.3) is 0 Å². The number of hydrogen-bond donors (Lipinski definition) is 2. The van der Waals surface area contributed by atoms with Crippen molar-refractivity contribution < 1.29 is 4.74 Å². The fourth-order valence-corrected chi connectivity index (χ4v) is 1.37. The topological polar surface area (TPSA) is 33.3 Å². The maximum Gasteiger partial charge on any atom is 0.0634 e. The van der Waals surface area contributed by atoms with Gasteiger partial charge in [-0.05, 0) is 20.5 Å². The molecule has 2 atom stereocenters. The Morgan fingerprint density at radius 3 is 2.40 bits per heavy atom. The molecule has 2 N–H and O–H groups in total. The zero-order valence-corrected chi connectivity index (χ0v) is 6.68. The highest BCUT2D eigenvalue weighted by Gasteiger charge is 2.21. The van der Waals surface area contributed by atoms with Crippen LogP contribution in [0.3, 0.4) is 0 Å². The summed E-state index contributed by atoms with van der Waals surface area (Å²) in [5.74, 6) is 0. The Morgan fingerprint density at radius 1 is 1.20 bits per heavy atom. The summed E-state index contributed by atoms with van der Waals surface area (Å²) >= 11 is 0. The number of likely N-dealkylation sites (N-methyl/N-ethyl adjacent to an activating group) is 2. The average molecular weight is 144 g/mol. The molecule has 1 aliphatic rings. The second kappa shape index (κ2) is 3.91. The summed E-state index contributed by atoms with van der Waals surface area (Å²) in [6, 6.07) is 1.07. The highest BCUT2D eigenvalue weighted by Crippen LogP contribution is 2.05. The Hall–Kier alpha value is -0.120. The van der Waals surface area contributed by atoms with E-state index in [1.54, 1.807) is 0 Å². The third-order valence-corrected chi connectivity index (χ3v) is 2.10. The van der Waals surface area contributed by atoms with Gasteiger partial charge in [-0.2, -0.15) is 0 Å². The van der Waals surface area contributed by atoms with Gasteiger partial charge in [0.05, 0.1) is 6.61 Å². The molecule has 3 nitrogen and oxygen atoms in total. The highest BCUT2D eigenvalue weighted by molar-refractivity contribution is 4.82. The average Bonchev–Trinajstić information content (AvgIpc) is 2.04. The Bertz CT molecular complexity index is 85.6. The summed E-state index contributed by atoms with van der Waals surface area (Å²) < 4.78 is 5.30. The Kier molecular flexibility index (Phi) is 3.12. The monoisotopic (exact) mass is 144 g/mol. The van der Waals surface area contributed by atoms with Crippen molar-refractivity contribution in [2.24, 2.45) is 0 Å². The molecule has 0 saturated carbocycles. The first kappa shape index (κ1) is 7.98. The maximum absolute atomic E-state index is 5.30. The molecule has 0 aromatic rings. The van der Waals surface area contributed by atoms with Gasteiger partial charge in [0, 0.05) is 18.7 Å². The van der Waals surface area contributed by atoms with Crippen LogP contribution in [-0.2, 0) is 4.74 Å². The second-order valence-corrected chi connectivity index (χ2v) is 2.65. The predicted molar refractivity (Wildman–Crippen MR) is 41.1 cm³/mol. The molecule has 0 aliphatic carbocycles. The SMILES string of the molecule is CNC1CCOCC1NC. The third kappa shape index (κ3) is 1.68. The van der Waals surface area contributed by atoms with Gasteiger partial charge in [0.1, 0.15) is 0 Å². The molecule has 0 aromatic carbocycles. The van der Waals surface area contributed by atoms with E-state index in [1.165, 1.54) is 0 Å². The van der Waals surface area contributed by atoms with Gasteiger partial charge >= 0.3 is 0 Å². The molecule has 1 rings (SSSR count). The zero-order valence-electron chi connectivity index (χ0n) is 6.68. The van der Waals surface area contributed by atoms with E-state index in [2.05, 4.69) is 10.6 Å². The van der Waals surface area contributed by atoms with E-state index in [0.717, 1.165) is 19.6 Å². The molecule has 1 fully saturated rings. The van der Waals surface area contributed by atoms with Crippen molar-refractivity contribution in [3.05, 3.63) is 0 Å². The summed E-state index contributed by atoms with van der Waals surface area (Å²) in [5.41, 5.74) is 0. The molecular formula is C7H16N2O. The Morgan fingerprint density at radius 2 is 1.90 bits per heavy atom. The minimum Gasteiger partial charge on any atom is -0.380 e. The van der Waals surface area contributed by atoms with Crippen molar-refractivity contribution in [3.8, 4) is 0 Å². The lowest BCUT2D eigenvalue weighted by Crippen LogP contribution is -2.51. The van der Waals surface area contributed by atoms with Crippen LogP contribution in [0.1, 0.15) is 6.42 Å². The Labute approximate surface area is 62.1 Å². The summed E-state index contributed by atoms with van der Waals surface area (Å²) in [7, 11) is 3.98. The molecule has 60 valence electrons. The third-order valence-electron chi connectivity index (χ3n) is 2.10. The lowest BCUT2D eigenvalue weighted by molar-refractivity contribution is 0.0541. The maximum atomic E-state index is 5.30. The van der Waals surface area contributed by atoms with Crippen molar-refractivity contribution in [1.82, 2.24) is 10.6 Å². The van der Waals surface area contributed by atoms with Gasteiger partial charge in [0.2, 0.25) is 0 Å². The first-order chi connectivity index (χ1) is 4.88. The van der Waals surface area contributed by atoms with E-state index in [-0.39, 0.29) is 0 Å². The van der Waals surface area contributed by atoms with Gasteiger partial charge in [-0.25, -0.2) is 0 Å². The molecule has 2 unspecified atom stereocenters. The van der Waals surface area contributed by atoms with Crippen molar-refractivity contribution in [2.75, 3.05) is 27.3 Å². The highest BCUT2D eigenvalue weighted by atomic mass is 16.5. The lowest BCUT2D eigenvalue weighted by atomic mass is 10.0. The molecule has 0 radical (unpaired) electrons. The van der Waals surface area contributed by atoms with E-state index < -0.39 is 0 Å². The van der Waals surface area contributed by atoms with E-state index in [1.807, 2.05) is 14.1 Å². The van der Waals surface area contributed by atoms with Crippen molar-refractivity contribution in [1.29, 1.82) is 0 Å². The van der Waals surface area contributed by atoms with Crippen LogP contribution in [0.5, 0.6) is 0 Å². The van der Waals surface area contributed by atoms with Crippen LogP contribution in [0.25, 0.3) is 0 Å². The fraction of sp³-hybridized carbons (Fsp3) is 1.00. The molecule has 1 heterocycles. The van der Waals surface area contributed by atoms with Gasteiger partial charge in [-0.15, -0.1) is 0 Å². The normalized spacial score (nSPS) is 34.2. The van der Waals surface area contributed by atoms with Crippen LogP contribution in [0.2, 0.25) is 0 Å². The van der Waals surface area contributed by atoms with E-state index in [4.69, 9.17) is 4.74 Å². The van der Waals surface area contributed by atoms with E-state index in [0.29, 0.717) is 12.1 Å². The molecular weight excluding hydrogens is 128 g/mol. The van der Waals surface area contributed by atoms with Crippen molar-refractivity contribution >= 4 is 0 Å². The standard InChI is InChI=1S/C7H16N2O/c1-8-6-3-4-10-5-7(6)9-2/h6-9H,3-5H2,1-2H3. The molecule has 1 aliphatic heterocycles. The van der Waals surface area contributed by atoms with E-state index in [9.17, 15) is 0 Å². The Balaban J connectivity index is 2.34. The van der Waals surface area contributed by atoms with Crippen LogP contribution in [0.15, 0.2) is 0 Å². The van der Waals surface area contributed by atoms with Gasteiger partial charge in [0.15, 0.2) is 0 Å². The number of hydrogen-bond acceptors (Lipinski definition) is 3. The van der Waals surface area contributed by atoms with Crippen LogP contribution < -0.4 is 10.6 Å². The predicted octanol–water partition coefficient (Wildman–Crippen LogP) is -0.417. The van der Waals surface area contributed by atoms with Gasteiger partial charge < -0.3 is 15.4 Å². The molecule has 0 bridgehead atoms. The molecule has 10 heavy (non-hydrogen) atoms. The number of nitrogens with one attached hydrogen (secondary N) is 2. The molecule has 0 spiro atoms. The van der Waals surface area contributed by atoms with Crippen LogP contribution in [0.4, 0.5) is 0 Å². The van der Waals surface area contributed by atoms with Gasteiger partial charge in [-0.3, -0.25) is 0 Å². The summed E-state index contributed by atoms with van der Waals surface area (Å²) in [6.45, 7) is 1.73. The summed E-state index contributed by atoms with van der Waals surface area (Å²) in [6.07, 6.45) is 1.11. The molecule has 0 amide bonds. The minimum absolute atomic E-state index is 0.485. The van der Waals surface area contributed by atoms with E-state index >= 15 is 0 Å². The van der Waals surface area contributed by atoms with Crippen LogP contribution in [0, 0.1) is 0 Å². The summed E-state index contributed by atoms with van der Waals surface area (Å²) in [5, 5.41) is 6.48. The molecule has 3 heteroatoms. The van der Waals surface area contributed by atoms with Crippen molar-refractivity contribution in [3.63, 3.8) is 0 Å². The summed E-state index contributed by atoms with van der Waals surface area (Å²) in [4.78, 5) is 0.